The van der Waals surface area contributed by atoms with E-state index in [1.807, 2.05) is 34.0 Å². The van der Waals surface area contributed by atoms with Crippen molar-refractivity contribution in [3.63, 3.8) is 0 Å². The number of thioether (sulfide) groups is 1. The van der Waals surface area contributed by atoms with E-state index in [1.165, 1.54) is 28.8 Å². The van der Waals surface area contributed by atoms with Crippen molar-refractivity contribution < 1.29 is 22.7 Å². The Labute approximate surface area is 264 Å². The number of benzene rings is 3. The number of nitrogens with one attached hydrogen (secondary N) is 1. The number of hydrogen-bond donors (Lipinski definition) is 1. The van der Waals surface area contributed by atoms with Crippen LogP contribution in [-0.4, -0.2) is 57.1 Å². The lowest BCUT2D eigenvalue weighted by molar-refractivity contribution is -0.140. The molecule has 0 fully saturated rings. The van der Waals surface area contributed by atoms with Gasteiger partial charge in [0, 0.05) is 23.0 Å². The fourth-order valence-electron chi connectivity index (χ4n) is 4.41. The highest BCUT2D eigenvalue weighted by molar-refractivity contribution is 7.98. The number of rotatable bonds is 15. The normalized spacial score (nSPS) is 12.1. The minimum absolute atomic E-state index is 0.0537. The van der Waals surface area contributed by atoms with Gasteiger partial charge in [-0.25, -0.2) is 8.42 Å². The zero-order valence-corrected chi connectivity index (χ0v) is 27.6. The molecule has 43 heavy (non-hydrogen) atoms. The van der Waals surface area contributed by atoms with Crippen molar-refractivity contribution >= 4 is 50.9 Å². The molecule has 0 aliphatic carbocycles. The van der Waals surface area contributed by atoms with Crippen LogP contribution in [0, 0.1) is 5.92 Å². The molecule has 0 aliphatic heterocycles. The lowest BCUT2D eigenvalue weighted by Crippen LogP contribution is -2.52. The maximum absolute atomic E-state index is 14.2. The molecule has 11 heteroatoms. The van der Waals surface area contributed by atoms with Gasteiger partial charge in [-0.15, -0.1) is 11.8 Å². The van der Waals surface area contributed by atoms with Crippen molar-refractivity contribution in [1.82, 2.24) is 10.2 Å². The van der Waals surface area contributed by atoms with Crippen LogP contribution in [0.2, 0.25) is 5.02 Å². The highest BCUT2D eigenvalue weighted by atomic mass is 35.5. The fourth-order valence-corrected chi connectivity index (χ4v) is 6.36. The van der Waals surface area contributed by atoms with E-state index in [0.29, 0.717) is 36.0 Å². The lowest BCUT2D eigenvalue weighted by atomic mass is 10.1. The highest BCUT2D eigenvalue weighted by Gasteiger charge is 2.33. The molecule has 0 aromatic heterocycles. The average molecular weight is 646 g/mol. The van der Waals surface area contributed by atoms with Crippen LogP contribution in [0.25, 0.3) is 0 Å². The molecule has 0 saturated carbocycles. The largest absolute Gasteiger partial charge is 0.494 e. The molecule has 3 aromatic rings. The summed E-state index contributed by atoms with van der Waals surface area (Å²) in [7, 11) is -4.17. The minimum atomic E-state index is -4.17. The number of anilines is 1. The molecule has 0 saturated heterocycles. The Balaban J connectivity index is 2.05. The van der Waals surface area contributed by atoms with E-state index in [4.69, 9.17) is 16.3 Å². The van der Waals surface area contributed by atoms with Crippen molar-refractivity contribution in [2.24, 2.45) is 5.92 Å². The van der Waals surface area contributed by atoms with E-state index < -0.39 is 28.5 Å². The average Bonchev–Trinajstić information content (AvgIpc) is 3.00. The zero-order valence-electron chi connectivity index (χ0n) is 25.2. The van der Waals surface area contributed by atoms with E-state index in [2.05, 4.69) is 5.32 Å². The first-order valence-electron chi connectivity index (χ1n) is 14.2. The number of sulfonamides is 1. The van der Waals surface area contributed by atoms with Crippen molar-refractivity contribution in [2.75, 3.05) is 30.3 Å². The van der Waals surface area contributed by atoms with E-state index in [-0.39, 0.29) is 23.3 Å². The Bertz CT molecular complexity index is 1450. The van der Waals surface area contributed by atoms with Gasteiger partial charge in [0.25, 0.3) is 10.0 Å². The lowest BCUT2D eigenvalue weighted by Gasteiger charge is -2.33. The van der Waals surface area contributed by atoms with Crippen molar-refractivity contribution in [1.29, 1.82) is 0 Å². The molecule has 3 aromatic carbocycles. The standard InChI is InChI=1S/C32H40ClN3O5S2/c1-6-30(32(38)34-20-23(3)4)35(21-24-8-10-25(33)11-9-24)31(37)22-36(26-12-14-27(15-13-26)41-7-2)43(39,40)29-18-16-28(42-5)17-19-29/h8-19,23,30H,6-7,20-22H2,1-5H3,(H,34,38)/t30-/m1/s1. The van der Waals surface area contributed by atoms with Crippen LogP contribution in [0.1, 0.15) is 39.7 Å². The number of amides is 2. The van der Waals surface area contributed by atoms with Gasteiger partial charge < -0.3 is 15.0 Å². The number of hydrogen-bond acceptors (Lipinski definition) is 6. The molecule has 3 rings (SSSR count). The Hall–Kier alpha value is -3.21. The molecule has 0 radical (unpaired) electrons. The molecule has 8 nitrogen and oxygen atoms in total. The van der Waals surface area contributed by atoms with Crippen LogP contribution < -0.4 is 14.4 Å². The van der Waals surface area contributed by atoms with Gasteiger partial charge in [-0.1, -0.05) is 44.5 Å². The van der Waals surface area contributed by atoms with Crippen molar-refractivity contribution in [3.05, 3.63) is 83.4 Å². The Morgan fingerprint density at radius 2 is 1.58 bits per heavy atom. The van der Waals surface area contributed by atoms with E-state index in [0.717, 1.165) is 14.8 Å². The molecule has 1 N–H and O–H groups in total. The maximum atomic E-state index is 14.2. The van der Waals surface area contributed by atoms with Crippen molar-refractivity contribution in [3.8, 4) is 5.75 Å². The summed E-state index contributed by atoms with van der Waals surface area (Å²) in [4.78, 5) is 29.9. The number of nitrogens with zero attached hydrogens (tertiary/aromatic N) is 2. The van der Waals surface area contributed by atoms with Crippen LogP contribution in [0.15, 0.2) is 82.6 Å². The van der Waals surface area contributed by atoms with E-state index in [9.17, 15) is 18.0 Å². The smallest absolute Gasteiger partial charge is 0.264 e. The third-order valence-corrected chi connectivity index (χ3v) is 9.48. The van der Waals surface area contributed by atoms with Gasteiger partial charge in [0.05, 0.1) is 17.2 Å². The second kappa shape index (κ2) is 16.0. The van der Waals surface area contributed by atoms with Gasteiger partial charge in [0.15, 0.2) is 0 Å². The summed E-state index contributed by atoms with van der Waals surface area (Å²) in [6, 6.07) is 19.3. The molecule has 0 unspecified atom stereocenters. The molecule has 1 atom stereocenters. The van der Waals surface area contributed by atoms with Crippen LogP contribution in [0.3, 0.4) is 0 Å². The number of carbonyl (C=O) groups is 2. The summed E-state index contributed by atoms with van der Waals surface area (Å²) in [5.41, 5.74) is 1.06. The zero-order chi connectivity index (χ0) is 31.6. The fraction of sp³-hybridized carbons (Fsp3) is 0.375. The topological polar surface area (TPSA) is 96.0 Å². The Kier molecular flexibility index (Phi) is 12.8. The molecular weight excluding hydrogens is 606 g/mol. The third kappa shape index (κ3) is 9.39. The summed E-state index contributed by atoms with van der Waals surface area (Å²) in [5.74, 6) is -0.00233. The number of ether oxygens (including phenoxy) is 1. The van der Waals surface area contributed by atoms with Crippen molar-refractivity contribution in [2.45, 2.75) is 56.5 Å². The van der Waals surface area contributed by atoms with Crippen LogP contribution in [0.4, 0.5) is 5.69 Å². The van der Waals surface area contributed by atoms with Gasteiger partial charge in [0.2, 0.25) is 11.8 Å². The van der Waals surface area contributed by atoms with Gasteiger partial charge in [0.1, 0.15) is 18.3 Å². The van der Waals surface area contributed by atoms with Gasteiger partial charge in [-0.2, -0.15) is 0 Å². The SMILES string of the molecule is CCOc1ccc(N(CC(=O)N(Cc2ccc(Cl)cc2)[C@H](CC)C(=O)NCC(C)C)S(=O)(=O)c2ccc(SC)cc2)cc1. The van der Waals surface area contributed by atoms with Crippen LogP contribution in [0.5, 0.6) is 5.75 Å². The second-order valence-corrected chi connectivity index (χ2v) is 13.5. The predicted octanol–water partition coefficient (Wildman–Crippen LogP) is 6.24. The Morgan fingerprint density at radius 3 is 2.12 bits per heavy atom. The summed E-state index contributed by atoms with van der Waals surface area (Å²) >= 11 is 7.59. The summed E-state index contributed by atoms with van der Waals surface area (Å²) < 4.78 is 34.8. The molecule has 0 bridgehead atoms. The van der Waals surface area contributed by atoms with E-state index >= 15 is 0 Å². The highest BCUT2D eigenvalue weighted by Crippen LogP contribution is 2.28. The molecule has 0 spiro atoms. The Morgan fingerprint density at radius 1 is 0.953 bits per heavy atom. The summed E-state index contributed by atoms with van der Waals surface area (Å²) in [6.07, 6.45) is 2.25. The molecule has 0 heterocycles. The summed E-state index contributed by atoms with van der Waals surface area (Å²) in [6.45, 7) is 8.17. The monoisotopic (exact) mass is 645 g/mol. The van der Waals surface area contributed by atoms with Gasteiger partial charge in [-0.05, 0) is 91.7 Å². The first-order chi connectivity index (χ1) is 20.5. The van der Waals surface area contributed by atoms with Gasteiger partial charge in [-0.3, -0.25) is 13.9 Å². The predicted molar refractivity (Wildman–Crippen MR) is 174 cm³/mol. The van der Waals surface area contributed by atoms with Crippen LogP contribution >= 0.6 is 23.4 Å². The second-order valence-electron chi connectivity index (χ2n) is 10.3. The number of halogens is 1. The van der Waals surface area contributed by atoms with E-state index in [1.54, 1.807) is 60.7 Å². The first kappa shape index (κ1) is 34.3. The maximum Gasteiger partial charge on any atom is 0.264 e. The number of carbonyl (C=O) groups excluding carboxylic acids is 2. The third-order valence-electron chi connectivity index (χ3n) is 6.70. The van der Waals surface area contributed by atoms with Crippen LogP contribution in [-0.2, 0) is 26.2 Å². The van der Waals surface area contributed by atoms with Gasteiger partial charge >= 0.3 is 0 Å². The molecule has 2 amide bonds. The molecular formula is C32H40ClN3O5S2. The summed E-state index contributed by atoms with van der Waals surface area (Å²) in [5, 5.41) is 3.48. The molecule has 0 aliphatic rings. The minimum Gasteiger partial charge on any atom is -0.494 e. The first-order valence-corrected chi connectivity index (χ1v) is 17.3. The quantitative estimate of drug-likeness (QED) is 0.197. The molecule has 232 valence electrons.